The average Bonchev–Trinajstić information content (AvgIpc) is 3.71. The largest absolute Gasteiger partial charge is 0.390 e. The fourth-order valence-corrected chi connectivity index (χ4v) is 6.51. The first-order valence-corrected chi connectivity index (χ1v) is 15.8. The third kappa shape index (κ3) is 6.50. The molecule has 6 rings (SSSR count). The van der Waals surface area contributed by atoms with E-state index >= 15 is 0 Å². The van der Waals surface area contributed by atoms with Gasteiger partial charge in [0.15, 0.2) is 5.82 Å². The Morgan fingerprint density at radius 3 is 2.47 bits per heavy atom. The predicted octanol–water partition coefficient (Wildman–Crippen LogP) is 3.61. The Labute approximate surface area is 249 Å². The second-order valence-electron chi connectivity index (χ2n) is 12.1. The second-order valence-corrected chi connectivity index (χ2v) is 14.2. The molecule has 0 amide bonds. The number of rotatable bonds is 9. The normalized spacial score (nSPS) is 21.0. The van der Waals surface area contributed by atoms with Gasteiger partial charge in [0.1, 0.15) is 17.2 Å². The summed E-state index contributed by atoms with van der Waals surface area (Å²) in [7, 11) is -3.49. The summed E-state index contributed by atoms with van der Waals surface area (Å²) in [5.74, 6) is 1.32. The molecule has 0 saturated heterocycles. The molecule has 0 spiro atoms. The van der Waals surface area contributed by atoms with Crippen molar-refractivity contribution in [3.8, 4) is 22.6 Å². The van der Waals surface area contributed by atoms with Gasteiger partial charge in [0.2, 0.25) is 0 Å². The lowest BCUT2D eigenvalue weighted by atomic mass is 9.83. The van der Waals surface area contributed by atoms with Crippen LogP contribution in [0.4, 0.5) is 17.3 Å². The molecule has 2 aliphatic carbocycles. The van der Waals surface area contributed by atoms with Gasteiger partial charge in [-0.3, -0.25) is 0 Å². The summed E-state index contributed by atoms with van der Waals surface area (Å²) in [4.78, 5) is 13.5. The number of hydrogen-bond acceptors (Lipinski definition) is 12. The van der Waals surface area contributed by atoms with Crippen LogP contribution in [-0.4, -0.2) is 69.9 Å². The molecule has 0 bridgehead atoms. The molecule has 0 aliphatic heterocycles. The molecule has 2 saturated carbocycles. The molecule has 0 atom stereocenters. The Kier molecular flexibility index (Phi) is 7.39. The molecule has 0 aromatic carbocycles. The Balaban J connectivity index is 1.27. The highest BCUT2D eigenvalue weighted by Crippen LogP contribution is 2.35. The topological polar surface area (TPSA) is 181 Å². The lowest BCUT2D eigenvalue weighted by molar-refractivity contribution is 0.0196. The Morgan fingerprint density at radius 2 is 1.79 bits per heavy atom. The Morgan fingerprint density at radius 1 is 1.02 bits per heavy atom. The average molecular weight is 606 g/mol. The standard InChI is InChI=1S/C29H35N9O4S/c1-28(2,39)24-7-6-22(36-37-24)21-16-31-26(14-23(21)33-19-8-11-29(3,40)12-9-19)34-25-10-13-30-27(35-25)18-15-32-38(17-18)43(41,42)20-4-5-20/h6-7,10,13-17,19-20,39-40H,4-5,8-9,11-12H2,1-3H3,(H2,30,31,33,34,35). The second kappa shape index (κ2) is 10.9. The van der Waals surface area contributed by atoms with Crippen LogP contribution in [0.2, 0.25) is 0 Å². The zero-order valence-electron chi connectivity index (χ0n) is 24.3. The van der Waals surface area contributed by atoms with E-state index in [1.165, 1.54) is 12.4 Å². The number of anilines is 3. The highest BCUT2D eigenvalue weighted by molar-refractivity contribution is 7.90. The molecule has 2 aliphatic rings. The number of aliphatic hydroxyl groups is 2. The van der Waals surface area contributed by atoms with Gasteiger partial charge in [-0.2, -0.15) is 19.4 Å². The molecular formula is C29H35N9O4S. The molecular weight excluding hydrogens is 570 g/mol. The van der Waals surface area contributed by atoms with Crippen molar-refractivity contribution in [1.82, 2.24) is 34.3 Å². The molecule has 0 radical (unpaired) electrons. The number of hydrogen-bond donors (Lipinski definition) is 4. The molecule has 2 fully saturated rings. The summed E-state index contributed by atoms with van der Waals surface area (Å²) in [5.41, 5.74) is 1.30. The molecule has 0 unspecified atom stereocenters. The molecule has 13 nitrogen and oxygen atoms in total. The minimum Gasteiger partial charge on any atom is -0.390 e. The van der Waals surface area contributed by atoms with E-state index < -0.39 is 21.2 Å². The summed E-state index contributed by atoms with van der Waals surface area (Å²) >= 11 is 0. The maximum absolute atomic E-state index is 12.5. The zero-order chi connectivity index (χ0) is 30.4. The van der Waals surface area contributed by atoms with Crippen molar-refractivity contribution in [2.45, 2.75) is 81.8 Å². The molecule has 4 aromatic heterocycles. The van der Waals surface area contributed by atoms with Crippen molar-refractivity contribution in [2.75, 3.05) is 10.6 Å². The molecule has 4 heterocycles. The van der Waals surface area contributed by atoms with Crippen LogP contribution in [0.1, 0.15) is 65.0 Å². The lowest BCUT2D eigenvalue weighted by Gasteiger charge is -2.34. The minimum absolute atomic E-state index is 0.145. The van der Waals surface area contributed by atoms with Gasteiger partial charge in [-0.05, 0) is 77.5 Å². The third-order valence-corrected chi connectivity index (χ3v) is 9.87. The van der Waals surface area contributed by atoms with Crippen molar-refractivity contribution in [3.05, 3.63) is 54.7 Å². The number of nitrogens with zero attached hydrogens (tertiary/aromatic N) is 7. The first kappa shape index (κ1) is 29.1. The molecule has 14 heteroatoms. The van der Waals surface area contributed by atoms with Gasteiger partial charge in [0.25, 0.3) is 10.0 Å². The number of nitrogens with one attached hydrogen (secondary N) is 2. The van der Waals surface area contributed by atoms with Crippen LogP contribution in [0, 0.1) is 0 Å². The fraction of sp³-hybridized carbons (Fsp3) is 0.448. The van der Waals surface area contributed by atoms with E-state index in [0.717, 1.165) is 28.2 Å². The highest BCUT2D eigenvalue weighted by atomic mass is 32.2. The van der Waals surface area contributed by atoms with Gasteiger partial charge >= 0.3 is 0 Å². The van der Waals surface area contributed by atoms with E-state index in [-0.39, 0.29) is 11.3 Å². The van der Waals surface area contributed by atoms with Crippen molar-refractivity contribution in [1.29, 1.82) is 0 Å². The predicted molar refractivity (Wildman–Crippen MR) is 161 cm³/mol. The van der Waals surface area contributed by atoms with Crippen LogP contribution in [0.5, 0.6) is 0 Å². The van der Waals surface area contributed by atoms with E-state index in [4.69, 9.17) is 0 Å². The summed E-state index contributed by atoms with van der Waals surface area (Å²) < 4.78 is 26.1. The number of pyridine rings is 1. The maximum atomic E-state index is 12.5. The highest BCUT2D eigenvalue weighted by Gasteiger charge is 2.37. The molecule has 226 valence electrons. The van der Waals surface area contributed by atoms with E-state index in [1.54, 1.807) is 38.4 Å². The fourth-order valence-electron chi connectivity index (χ4n) is 5.03. The smallest absolute Gasteiger partial charge is 0.256 e. The van der Waals surface area contributed by atoms with Gasteiger partial charge in [0.05, 0.1) is 40.2 Å². The third-order valence-electron chi connectivity index (χ3n) is 7.83. The molecule has 4 N–H and O–H groups in total. The summed E-state index contributed by atoms with van der Waals surface area (Å²) in [6.45, 7) is 5.19. The van der Waals surface area contributed by atoms with Crippen LogP contribution in [0.15, 0.2) is 49.1 Å². The van der Waals surface area contributed by atoms with Crippen LogP contribution >= 0.6 is 0 Å². The van der Waals surface area contributed by atoms with E-state index in [0.29, 0.717) is 60.1 Å². The van der Waals surface area contributed by atoms with Gasteiger partial charge in [-0.1, -0.05) is 0 Å². The minimum atomic E-state index is -3.49. The van der Waals surface area contributed by atoms with Crippen molar-refractivity contribution in [3.63, 3.8) is 0 Å². The Bertz CT molecular complexity index is 1720. The van der Waals surface area contributed by atoms with Gasteiger partial charge in [0, 0.05) is 35.8 Å². The van der Waals surface area contributed by atoms with Crippen LogP contribution in [0.25, 0.3) is 22.6 Å². The molecule has 4 aromatic rings. The zero-order valence-corrected chi connectivity index (χ0v) is 25.1. The van der Waals surface area contributed by atoms with Crippen molar-refractivity contribution < 1.29 is 18.6 Å². The van der Waals surface area contributed by atoms with Gasteiger partial charge in [-0.15, -0.1) is 0 Å². The quantitative estimate of drug-likeness (QED) is 0.218. The van der Waals surface area contributed by atoms with Crippen LogP contribution in [0.3, 0.4) is 0 Å². The summed E-state index contributed by atoms with van der Waals surface area (Å²) in [6.07, 6.45) is 10.5. The first-order chi connectivity index (χ1) is 20.4. The van der Waals surface area contributed by atoms with Crippen LogP contribution < -0.4 is 10.6 Å². The maximum Gasteiger partial charge on any atom is 0.256 e. The summed E-state index contributed by atoms with van der Waals surface area (Å²) in [6, 6.07) is 7.27. The number of aromatic nitrogens is 7. The van der Waals surface area contributed by atoms with Gasteiger partial charge < -0.3 is 20.8 Å². The van der Waals surface area contributed by atoms with E-state index in [9.17, 15) is 18.6 Å². The first-order valence-electron chi connectivity index (χ1n) is 14.3. The monoisotopic (exact) mass is 605 g/mol. The SMILES string of the molecule is CC1(O)CCC(Nc2cc(Nc3ccnc(-c4cnn(S(=O)(=O)C5CC5)c4)n3)ncc2-c2ccc(C(C)(C)O)nn2)CC1. The van der Waals surface area contributed by atoms with E-state index in [2.05, 4.69) is 40.9 Å². The van der Waals surface area contributed by atoms with Gasteiger partial charge in [-0.25, -0.2) is 23.4 Å². The lowest BCUT2D eigenvalue weighted by Crippen LogP contribution is -2.35. The summed E-state index contributed by atoms with van der Waals surface area (Å²) in [5, 5.41) is 39.8. The van der Waals surface area contributed by atoms with Crippen molar-refractivity contribution >= 4 is 27.3 Å². The van der Waals surface area contributed by atoms with Crippen LogP contribution in [-0.2, 0) is 15.6 Å². The molecule has 43 heavy (non-hydrogen) atoms. The van der Waals surface area contributed by atoms with E-state index in [1.807, 2.05) is 19.1 Å². The van der Waals surface area contributed by atoms with Crippen molar-refractivity contribution in [2.24, 2.45) is 0 Å². The Hall–Kier alpha value is -4.01.